The normalized spacial score (nSPS) is 12.6. The van der Waals surface area contributed by atoms with Crippen LogP contribution >= 0.6 is 0 Å². The number of nitrogens with one attached hydrogen (secondary N) is 1. The zero-order valence-electron chi connectivity index (χ0n) is 12.3. The van der Waals surface area contributed by atoms with Crippen LogP contribution in [0.5, 0.6) is 0 Å². The van der Waals surface area contributed by atoms with Gasteiger partial charge in [0.25, 0.3) is 0 Å². The number of benzene rings is 2. The van der Waals surface area contributed by atoms with E-state index in [1.54, 1.807) is 6.92 Å². The van der Waals surface area contributed by atoms with E-state index in [1.807, 2.05) is 30.3 Å². The van der Waals surface area contributed by atoms with Gasteiger partial charge in [-0.1, -0.05) is 30.3 Å². The van der Waals surface area contributed by atoms with E-state index in [0.29, 0.717) is 5.56 Å². The third kappa shape index (κ3) is 3.72. The highest BCUT2D eigenvalue weighted by molar-refractivity contribution is 7.89. The molecule has 1 N–H and O–H groups in total. The minimum Gasteiger partial charge on any atom is -0.465 e. The van der Waals surface area contributed by atoms with Crippen LogP contribution in [0.2, 0.25) is 0 Å². The highest BCUT2D eigenvalue weighted by atomic mass is 32.2. The van der Waals surface area contributed by atoms with Gasteiger partial charge < -0.3 is 4.74 Å². The maximum Gasteiger partial charge on any atom is 0.337 e. The molecule has 22 heavy (non-hydrogen) atoms. The zero-order valence-corrected chi connectivity index (χ0v) is 13.1. The van der Waals surface area contributed by atoms with E-state index in [9.17, 15) is 13.2 Å². The van der Waals surface area contributed by atoms with Crippen molar-refractivity contribution in [2.75, 3.05) is 7.11 Å². The van der Waals surface area contributed by atoms with Crippen LogP contribution in [0.1, 0.15) is 28.9 Å². The third-order valence-electron chi connectivity index (χ3n) is 3.22. The van der Waals surface area contributed by atoms with Crippen LogP contribution in [0.15, 0.2) is 59.5 Å². The topological polar surface area (TPSA) is 72.5 Å². The minimum absolute atomic E-state index is 0.0999. The van der Waals surface area contributed by atoms with Crippen molar-refractivity contribution in [1.29, 1.82) is 0 Å². The molecule has 0 saturated heterocycles. The first-order valence-electron chi connectivity index (χ1n) is 6.69. The number of carbonyl (C=O) groups excluding carboxylic acids is 1. The van der Waals surface area contributed by atoms with Crippen molar-refractivity contribution < 1.29 is 17.9 Å². The number of hydrogen-bond acceptors (Lipinski definition) is 4. The molecule has 0 aromatic heterocycles. The second-order valence-electron chi connectivity index (χ2n) is 4.77. The third-order valence-corrected chi connectivity index (χ3v) is 4.77. The van der Waals surface area contributed by atoms with Crippen molar-refractivity contribution >= 4 is 16.0 Å². The summed E-state index contributed by atoms with van der Waals surface area (Å²) in [4.78, 5) is 11.4. The lowest BCUT2D eigenvalue weighted by Gasteiger charge is -2.14. The first-order valence-corrected chi connectivity index (χ1v) is 8.18. The Kier molecular flexibility index (Phi) is 4.95. The van der Waals surface area contributed by atoms with E-state index < -0.39 is 16.0 Å². The van der Waals surface area contributed by atoms with Crippen molar-refractivity contribution in [3.8, 4) is 0 Å². The first-order chi connectivity index (χ1) is 10.4. The fourth-order valence-corrected chi connectivity index (χ4v) is 3.23. The lowest BCUT2D eigenvalue weighted by atomic mass is 10.1. The molecule has 0 radical (unpaired) electrons. The fraction of sp³-hybridized carbons (Fsp3) is 0.188. The molecule has 0 spiro atoms. The smallest absolute Gasteiger partial charge is 0.337 e. The molecular formula is C16H17NO4S. The lowest BCUT2D eigenvalue weighted by molar-refractivity contribution is 0.0600. The number of sulfonamides is 1. The van der Waals surface area contributed by atoms with Crippen molar-refractivity contribution in [3.05, 3.63) is 65.7 Å². The molecule has 0 aliphatic heterocycles. The quantitative estimate of drug-likeness (QED) is 0.860. The Morgan fingerprint density at radius 1 is 1.05 bits per heavy atom. The number of esters is 1. The summed E-state index contributed by atoms with van der Waals surface area (Å²) in [5.74, 6) is -0.505. The average molecular weight is 319 g/mol. The average Bonchev–Trinajstić information content (AvgIpc) is 2.54. The Bertz CT molecular complexity index is 739. The largest absolute Gasteiger partial charge is 0.465 e. The van der Waals surface area contributed by atoms with Gasteiger partial charge in [-0.3, -0.25) is 0 Å². The molecule has 1 atom stereocenters. The van der Waals surface area contributed by atoms with Crippen LogP contribution in [-0.2, 0) is 14.8 Å². The van der Waals surface area contributed by atoms with Crippen molar-refractivity contribution in [1.82, 2.24) is 4.72 Å². The van der Waals surface area contributed by atoms with Gasteiger partial charge in [0.2, 0.25) is 10.0 Å². The fourth-order valence-electron chi connectivity index (χ4n) is 2.00. The standard InChI is InChI=1S/C16H17NO4S/c1-12(13-6-4-3-5-7-13)17-22(19,20)15-10-8-14(9-11-15)16(18)21-2/h3-12,17H,1-2H3/t12-/m0/s1. The molecule has 0 fully saturated rings. The molecule has 0 saturated carbocycles. The summed E-state index contributed by atoms with van der Waals surface area (Å²) in [6.45, 7) is 1.77. The maximum absolute atomic E-state index is 12.3. The Morgan fingerprint density at radius 2 is 1.64 bits per heavy atom. The summed E-state index contributed by atoms with van der Waals surface area (Å²) in [7, 11) is -2.39. The van der Waals surface area contributed by atoms with E-state index in [0.717, 1.165) is 5.56 Å². The second kappa shape index (κ2) is 6.72. The summed E-state index contributed by atoms with van der Waals surface area (Å²) in [5.41, 5.74) is 1.18. The van der Waals surface area contributed by atoms with E-state index in [4.69, 9.17) is 0 Å². The van der Waals surface area contributed by atoms with E-state index >= 15 is 0 Å². The highest BCUT2D eigenvalue weighted by Gasteiger charge is 2.18. The van der Waals surface area contributed by atoms with Crippen molar-refractivity contribution in [2.45, 2.75) is 17.9 Å². The maximum atomic E-state index is 12.3. The SMILES string of the molecule is COC(=O)c1ccc(S(=O)(=O)N[C@@H](C)c2ccccc2)cc1. The van der Waals surface area contributed by atoms with Gasteiger partial charge in [0, 0.05) is 6.04 Å². The predicted octanol–water partition coefficient (Wildman–Crippen LogP) is 2.51. The molecule has 116 valence electrons. The molecular weight excluding hydrogens is 302 g/mol. The van der Waals surface area contributed by atoms with Crippen LogP contribution in [0.3, 0.4) is 0 Å². The Balaban J connectivity index is 2.18. The van der Waals surface area contributed by atoms with Gasteiger partial charge in [-0.15, -0.1) is 0 Å². The monoisotopic (exact) mass is 319 g/mol. The van der Waals surface area contributed by atoms with E-state index in [1.165, 1.54) is 31.4 Å². The van der Waals surface area contributed by atoms with Crippen LogP contribution in [0, 0.1) is 0 Å². The summed E-state index contributed by atoms with van der Waals surface area (Å²) in [6, 6.07) is 14.5. The number of rotatable bonds is 5. The van der Waals surface area contributed by atoms with Crippen LogP contribution in [0.4, 0.5) is 0 Å². The van der Waals surface area contributed by atoms with Crippen molar-refractivity contribution in [3.63, 3.8) is 0 Å². The molecule has 0 amide bonds. The molecule has 2 rings (SSSR count). The van der Waals surface area contributed by atoms with Gasteiger partial charge in [0.15, 0.2) is 0 Å². The van der Waals surface area contributed by atoms with Gasteiger partial charge in [0.1, 0.15) is 0 Å². The van der Waals surface area contributed by atoms with Crippen molar-refractivity contribution in [2.24, 2.45) is 0 Å². The molecule has 0 aliphatic carbocycles. The molecule has 6 heteroatoms. The molecule has 2 aromatic carbocycles. The molecule has 0 heterocycles. The number of ether oxygens (including phenoxy) is 1. The lowest BCUT2D eigenvalue weighted by Crippen LogP contribution is -2.26. The predicted molar refractivity (Wildman–Crippen MR) is 83.0 cm³/mol. The molecule has 0 bridgehead atoms. The van der Waals surface area contributed by atoms with Crippen LogP contribution < -0.4 is 4.72 Å². The summed E-state index contributed by atoms with van der Waals surface area (Å²) < 4.78 is 31.9. The van der Waals surface area contributed by atoms with Gasteiger partial charge in [-0.05, 0) is 36.8 Å². The molecule has 5 nitrogen and oxygen atoms in total. The van der Waals surface area contributed by atoms with Crippen LogP contribution in [0.25, 0.3) is 0 Å². The number of methoxy groups -OCH3 is 1. The first kappa shape index (κ1) is 16.2. The van der Waals surface area contributed by atoms with Gasteiger partial charge >= 0.3 is 5.97 Å². The summed E-state index contributed by atoms with van der Waals surface area (Å²) >= 11 is 0. The minimum atomic E-state index is -3.66. The summed E-state index contributed by atoms with van der Waals surface area (Å²) in [5, 5.41) is 0. The number of hydrogen-bond donors (Lipinski definition) is 1. The van der Waals surface area contributed by atoms with Gasteiger partial charge in [-0.25, -0.2) is 17.9 Å². The van der Waals surface area contributed by atoms with E-state index in [-0.39, 0.29) is 10.9 Å². The zero-order chi connectivity index (χ0) is 16.2. The Hall–Kier alpha value is -2.18. The number of carbonyl (C=O) groups is 1. The molecule has 2 aromatic rings. The second-order valence-corrected chi connectivity index (χ2v) is 6.48. The highest BCUT2D eigenvalue weighted by Crippen LogP contribution is 2.17. The summed E-state index contributed by atoms with van der Waals surface area (Å²) in [6.07, 6.45) is 0. The van der Waals surface area contributed by atoms with Gasteiger partial charge in [-0.2, -0.15) is 0 Å². The molecule has 0 unspecified atom stereocenters. The molecule has 0 aliphatic rings. The van der Waals surface area contributed by atoms with Gasteiger partial charge in [0.05, 0.1) is 17.6 Å². The Morgan fingerprint density at radius 3 is 2.18 bits per heavy atom. The van der Waals surface area contributed by atoms with E-state index in [2.05, 4.69) is 9.46 Å². The Labute approximate surface area is 130 Å². The van der Waals surface area contributed by atoms with Crippen LogP contribution in [-0.4, -0.2) is 21.5 Å².